The van der Waals surface area contributed by atoms with Crippen molar-refractivity contribution in [3.05, 3.63) is 72.8 Å². The quantitative estimate of drug-likeness (QED) is 0.634. The number of benzene rings is 1. The van der Waals surface area contributed by atoms with E-state index in [0.29, 0.717) is 15.0 Å². The molecule has 0 atom stereocenters. The molecule has 0 bridgehead atoms. The normalized spacial score (nSPS) is 10.6. The van der Waals surface area contributed by atoms with E-state index in [9.17, 15) is 0 Å². The predicted octanol–water partition coefficient (Wildman–Crippen LogP) is 2.45. The molecule has 1 aromatic carbocycles. The Balaban J connectivity index is 1.99. The number of hydrogen-bond acceptors (Lipinski definition) is 0. The van der Waals surface area contributed by atoms with Crippen LogP contribution in [0.15, 0.2) is 72.8 Å². The molecule has 0 nitrogen and oxygen atoms in total. The van der Waals surface area contributed by atoms with E-state index in [4.69, 9.17) is 0 Å². The van der Waals surface area contributed by atoms with E-state index in [2.05, 4.69) is 72.8 Å². The maximum atomic E-state index is 2.26. The molecule has 0 saturated heterocycles. The molecule has 0 fully saturated rings. The van der Waals surface area contributed by atoms with Gasteiger partial charge in [0.2, 0.25) is 0 Å². The molecule has 0 aromatic heterocycles. The van der Waals surface area contributed by atoms with Crippen LogP contribution in [0.5, 0.6) is 0 Å². The van der Waals surface area contributed by atoms with Crippen molar-refractivity contribution in [2.75, 3.05) is 0 Å². The Labute approximate surface area is 108 Å². The zero-order valence-electron chi connectivity index (χ0n) is 9.34. The Morgan fingerprint density at radius 2 is 1.29 bits per heavy atom. The average Bonchev–Trinajstić information content (AvgIpc) is 2.61. The van der Waals surface area contributed by atoms with Gasteiger partial charge in [0.05, 0.1) is 0 Å². The van der Waals surface area contributed by atoms with E-state index < -0.39 is 0 Å². The van der Waals surface area contributed by atoms with Gasteiger partial charge in [0.1, 0.15) is 0 Å². The Kier molecular flexibility index (Phi) is 2.96. The molecule has 0 radical (unpaired) electrons. The van der Waals surface area contributed by atoms with Crippen LogP contribution in [0.2, 0.25) is 0 Å². The summed E-state index contributed by atoms with van der Waals surface area (Å²) >= 11 is 0.400. The summed E-state index contributed by atoms with van der Waals surface area (Å²) in [6.07, 6.45) is 0. The molecule has 0 N–H and O–H groups in total. The van der Waals surface area contributed by atoms with Crippen molar-refractivity contribution in [1.29, 1.82) is 0 Å². The van der Waals surface area contributed by atoms with E-state index in [-0.39, 0.29) is 0 Å². The topological polar surface area (TPSA) is 0 Å². The summed E-state index contributed by atoms with van der Waals surface area (Å²) in [5.74, 6) is 0. The third kappa shape index (κ3) is 2.26. The molecule has 2 aliphatic carbocycles. The molecule has 0 unspecified atom stereocenters. The van der Waals surface area contributed by atoms with Gasteiger partial charge in [-0.1, -0.05) is 0 Å². The van der Waals surface area contributed by atoms with Gasteiger partial charge in [-0.15, -0.1) is 0 Å². The summed E-state index contributed by atoms with van der Waals surface area (Å²) in [6, 6.07) is 25.9. The van der Waals surface area contributed by atoms with Gasteiger partial charge in [-0.25, -0.2) is 0 Å². The Morgan fingerprint density at radius 3 is 2.12 bits per heavy atom. The zero-order valence-corrected chi connectivity index (χ0v) is 11.0. The van der Waals surface area contributed by atoms with Crippen LogP contribution in [0.4, 0.5) is 0 Å². The maximum absolute atomic E-state index is 2.26. The molecule has 82 valence electrons. The number of fused-ring (bicyclic) bond motifs is 1. The molecular weight excluding hydrogens is 271 g/mol. The first-order valence-corrected chi connectivity index (χ1v) is 7.35. The van der Waals surface area contributed by atoms with Crippen molar-refractivity contribution in [2.45, 2.75) is 0 Å². The van der Waals surface area contributed by atoms with E-state index in [0.717, 1.165) is 0 Å². The van der Waals surface area contributed by atoms with Crippen LogP contribution in [0.3, 0.4) is 0 Å². The average molecular weight is 283 g/mol. The predicted molar refractivity (Wildman–Crippen MR) is 74.5 cm³/mol. The molecule has 1 aromatic rings. The molecule has 0 aliphatic heterocycles. The summed E-state index contributed by atoms with van der Waals surface area (Å²) in [7, 11) is 0. The van der Waals surface area contributed by atoms with Crippen LogP contribution in [0.1, 0.15) is 0 Å². The van der Waals surface area contributed by atoms with E-state index in [1.54, 1.807) is 0 Å². The van der Waals surface area contributed by atoms with Gasteiger partial charge in [0.25, 0.3) is 0 Å². The van der Waals surface area contributed by atoms with Crippen LogP contribution in [-0.2, 0) is 0 Å². The van der Waals surface area contributed by atoms with Crippen molar-refractivity contribution in [1.82, 2.24) is 0 Å². The number of hydrogen-bond donors (Lipinski definition) is 0. The first-order valence-electron chi connectivity index (χ1n) is 5.64. The van der Waals surface area contributed by atoms with E-state index >= 15 is 0 Å². The van der Waals surface area contributed by atoms with Crippen molar-refractivity contribution >= 4 is 23.9 Å². The third-order valence-corrected chi connectivity index (χ3v) is 5.00. The van der Waals surface area contributed by atoms with Crippen molar-refractivity contribution in [2.24, 2.45) is 0 Å². The molecule has 1 heteroatoms. The molecule has 0 saturated carbocycles. The Bertz CT molecular complexity index is 587. The fourth-order valence-electron chi connectivity index (χ4n) is 1.89. The monoisotopic (exact) mass is 284 g/mol. The fourth-order valence-corrected chi connectivity index (χ4v) is 3.94. The first-order chi connectivity index (χ1) is 8.43. The van der Waals surface area contributed by atoms with Crippen molar-refractivity contribution in [3.8, 4) is 11.1 Å². The van der Waals surface area contributed by atoms with E-state index in [1.807, 2.05) is 0 Å². The minimum atomic E-state index is 0.400. The number of rotatable bonds is 2. The third-order valence-electron chi connectivity index (χ3n) is 2.72. The minimum absolute atomic E-state index is 0.400. The second kappa shape index (κ2) is 4.75. The van der Waals surface area contributed by atoms with Crippen molar-refractivity contribution in [3.63, 3.8) is 0 Å². The molecule has 0 amide bonds. The standard InChI is InChI=1S/C16H12Se/c1-3-7-13-11-12-16(15(13)10-6-1)17-14-8-4-2-5-9-14/h1-12H. The summed E-state index contributed by atoms with van der Waals surface area (Å²) < 4.78 is 2.90. The molecular formula is C16H12Se. The molecule has 2 aliphatic rings. The second-order valence-corrected chi connectivity index (χ2v) is 6.23. The Morgan fingerprint density at radius 1 is 0.588 bits per heavy atom. The van der Waals surface area contributed by atoms with Gasteiger partial charge in [-0.3, -0.25) is 0 Å². The first kappa shape index (κ1) is 10.6. The molecule has 17 heavy (non-hydrogen) atoms. The van der Waals surface area contributed by atoms with Gasteiger partial charge in [0, 0.05) is 0 Å². The summed E-state index contributed by atoms with van der Waals surface area (Å²) in [5, 5.41) is 0. The van der Waals surface area contributed by atoms with Gasteiger partial charge < -0.3 is 0 Å². The molecule has 3 rings (SSSR count). The summed E-state index contributed by atoms with van der Waals surface area (Å²) in [6.45, 7) is 0. The molecule has 0 spiro atoms. The van der Waals surface area contributed by atoms with Crippen molar-refractivity contribution < 1.29 is 0 Å². The van der Waals surface area contributed by atoms with Crippen LogP contribution in [-0.4, -0.2) is 15.0 Å². The van der Waals surface area contributed by atoms with Gasteiger partial charge in [0.15, 0.2) is 0 Å². The van der Waals surface area contributed by atoms with Gasteiger partial charge in [-0.2, -0.15) is 0 Å². The van der Waals surface area contributed by atoms with Gasteiger partial charge in [-0.05, 0) is 0 Å². The fraction of sp³-hybridized carbons (Fsp3) is 0. The molecule has 0 heterocycles. The van der Waals surface area contributed by atoms with Crippen LogP contribution in [0.25, 0.3) is 11.1 Å². The Hall–Kier alpha value is -1.56. The van der Waals surface area contributed by atoms with E-state index in [1.165, 1.54) is 20.1 Å². The van der Waals surface area contributed by atoms with Crippen LogP contribution >= 0.6 is 0 Å². The second-order valence-electron chi connectivity index (χ2n) is 3.89. The summed E-state index contributed by atoms with van der Waals surface area (Å²) in [5.41, 5.74) is 2.72. The zero-order chi connectivity index (χ0) is 11.5. The SMILES string of the molecule is c1ccc([Se]c2ccc3cccccc2-3)cc1. The van der Waals surface area contributed by atoms with Gasteiger partial charge >= 0.3 is 108 Å². The van der Waals surface area contributed by atoms with Crippen LogP contribution < -0.4 is 8.92 Å². The summed E-state index contributed by atoms with van der Waals surface area (Å²) in [4.78, 5) is 0. The van der Waals surface area contributed by atoms with Crippen LogP contribution in [0, 0.1) is 0 Å².